The van der Waals surface area contributed by atoms with E-state index in [2.05, 4.69) is 4.99 Å². The third-order valence-electron chi connectivity index (χ3n) is 3.14. The second-order valence-electron chi connectivity index (χ2n) is 4.50. The normalized spacial score (nSPS) is 14.0. The molecule has 2 N–H and O–H groups in total. The maximum Gasteiger partial charge on any atom is 0.278 e. The molecule has 106 valence electrons. The van der Waals surface area contributed by atoms with Crippen molar-refractivity contribution in [3.8, 4) is 0 Å². The summed E-state index contributed by atoms with van der Waals surface area (Å²) >= 11 is 5.85. The summed E-state index contributed by atoms with van der Waals surface area (Å²) in [6.07, 6.45) is 0. The molecule has 5 nitrogen and oxygen atoms in total. The van der Waals surface area contributed by atoms with E-state index < -0.39 is 10.0 Å². The Labute approximate surface area is 126 Å². The van der Waals surface area contributed by atoms with Gasteiger partial charge in [0.15, 0.2) is 0 Å². The Morgan fingerprint density at radius 2 is 1.71 bits per heavy atom. The summed E-state index contributed by atoms with van der Waals surface area (Å²) in [6.45, 7) is 0. The van der Waals surface area contributed by atoms with Crippen LogP contribution in [0.25, 0.3) is 0 Å². The zero-order valence-corrected chi connectivity index (χ0v) is 12.1. The SMILES string of the molecule is NS(=O)(=O)c1cc(C2=NC(=O)c3ccccc32)ccc1Cl. The van der Waals surface area contributed by atoms with Gasteiger partial charge >= 0.3 is 0 Å². The molecule has 2 aromatic carbocycles. The number of primary sulfonamides is 1. The topological polar surface area (TPSA) is 89.6 Å². The second kappa shape index (κ2) is 4.77. The van der Waals surface area contributed by atoms with Crippen molar-refractivity contribution < 1.29 is 13.2 Å². The monoisotopic (exact) mass is 320 g/mol. The Bertz CT molecular complexity index is 904. The maximum absolute atomic E-state index is 11.8. The fourth-order valence-corrected chi connectivity index (χ4v) is 3.26. The Hall–Kier alpha value is -2.02. The van der Waals surface area contributed by atoms with Gasteiger partial charge in [0.1, 0.15) is 4.90 Å². The van der Waals surface area contributed by atoms with Crippen molar-refractivity contribution in [1.29, 1.82) is 0 Å². The van der Waals surface area contributed by atoms with Crippen LogP contribution < -0.4 is 5.14 Å². The summed E-state index contributed by atoms with van der Waals surface area (Å²) in [7, 11) is -3.95. The lowest BCUT2D eigenvalue weighted by atomic mass is 10.0. The number of nitrogens with two attached hydrogens (primary N) is 1. The molecule has 1 aliphatic rings. The van der Waals surface area contributed by atoms with Gasteiger partial charge in [-0.1, -0.05) is 35.9 Å². The van der Waals surface area contributed by atoms with Crippen molar-refractivity contribution >= 4 is 33.2 Å². The molecule has 0 unspecified atom stereocenters. The molecule has 0 bridgehead atoms. The number of carbonyl (C=O) groups excluding carboxylic acids is 1. The van der Waals surface area contributed by atoms with E-state index in [1.54, 1.807) is 30.3 Å². The highest BCUT2D eigenvalue weighted by atomic mass is 35.5. The number of nitrogens with zero attached hydrogens (tertiary/aromatic N) is 1. The molecule has 0 spiro atoms. The zero-order chi connectivity index (χ0) is 15.2. The lowest BCUT2D eigenvalue weighted by Crippen LogP contribution is -2.14. The van der Waals surface area contributed by atoms with Crippen molar-refractivity contribution in [2.45, 2.75) is 4.90 Å². The summed E-state index contributed by atoms with van der Waals surface area (Å²) in [4.78, 5) is 15.6. The minimum atomic E-state index is -3.95. The molecule has 1 amide bonds. The lowest BCUT2D eigenvalue weighted by Gasteiger charge is -2.07. The molecular formula is C14H9ClN2O3S. The number of benzene rings is 2. The largest absolute Gasteiger partial charge is 0.278 e. The number of carbonyl (C=O) groups is 1. The summed E-state index contributed by atoms with van der Waals surface area (Å²) in [5.41, 5.74) is 2.03. The first-order valence-electron chi connectivity index (χ1n) is 5.93. The molecule has 2 aromatic rings. The molecule has 0 atom stereocenters. The molecule has 0 aliphatic carbocycles. The second-order valence-corrected chi connectivity index (χ2v) is 6.44. The van der Waals surface area contributed by atoms with E-state index >= 15 is 0 Å². The van der Waals surface area contributed by atoms with Crippen LogP contribution in [0.1, 0.15) is 21.5 Å². The van der Waals surface area contributed by atoms with Crippen LogP contribution in [0, 0.1) is 0 Å². The molecule has 7 heteroatoms. The summed E-state index contributed by atoms with van der Waals surface area (Å²) in [6, 6.07) is 11.3. The average molecular weight is 321 g/mol. The Morgan fingerprint density at radius 3 is 2.38 bits per heavy atom. The van der Waals surface area contributed by atoms with Crippen LogP contribution in [0.5, 0.6) is 0 Å². The fourth-order valence-electron chi connectivity index (χ4n) is 2.19. The van der Waals surface area contributed by atoms with Crippen LogP contribution in [0.3, 0.4) is 0 Å². The molecule has 1 heterocycles. The molecule has 0 radical (unpaired) electrons. The minimum Gasteiger partial charge on any atom is -0.267 e. The Balaban J connectivity index is 2.20. The standard InChI is InChI=1S/C14H9ClN2O3S/c15-11-6-5-8(7-12(11)21(16,19)20)13-9-3-1-2-4-10(9)14(18)17-13/h1-7H,(H2,16,19,20). The number of hydrogen-bond acceptors (Lipinski definition) is 3. The summed E-state index contributed by atoms with van der Waals surface area (Å²) in [5, 5.41) is 5.16. The van der Waals surface area contributed by atoms with Crippen molar-refractivity contribution in [2.24, 2.45) is 10.1 Å². The minimum absolute atomic E-state index is 0.0273. The van der Waals surface area contributed by atoms with E-state index in [9.17, 15) is 13.2 Å². The van der Waals surface area contributed by atoms with Gasteiger partial charge in [0, 0.05) is 11.1 Å². The highest BCUT2D eigenvalue weighted by molar-refractivity contribution is 7.89. The lowest BCUT2D eigenvalue weighted by molar-refractivity contribution is 0.101. The molecule has 1 aliphatic heterocycles. The van der Waals surface area contributed by atoms with Gasteiger partial charge in [0.25, 0.3) is 5.91 Å². The third kappa shape index (κ3) is 2.37. The highest BCUT2D eigenvalue weighted by Gasteiger charge is 2.25. The van der Waals surface area contributed by atoms with Gasteiger partial charge in [-0.15, -0.1) is 0 Å². The number of rotatable bonds is 2. The maximum atomic E-state index is 11.8. The molecule has 0 saturated carbocycles. The average Bonchev–Trinajstić information content (AvgIpc) is 2.76. The number of aliphatic imine (C=N–C) groups is 1. The van der Waals surface area contributed by atoms with E-state index in [0.717, 1.165) is 0 Å². The first-order valence-corrected chi connectivity index (χ1v) is 7.85. The van der Waals surface area contributed by atoms with Gasteiger partial charge in [-0.25, -0.2) is 18.5 Å². The smallest absolute Gasteiger partial charge is 0.267 e. The van der Waals surface area contributed by atoms with Crippen LogP contribution >= 0.6 is 11.6 Å². The fraction of sp³-hybridized carbons (Fsp3) is 0. The molecule has 0 saturated heterocycles. The van der Waals surface area contributed by atoms with E-state index in [-0.39, 0.29) is 15.8 Å². The van der Waals surface area contributed by atoms with Crippen molar-refractivity contribution in [1.82, 2.24) is 0 Å². The zero-order valence-electron chi connectivity index (χ0n) is 10.6. The van der Waals surface area contributed by atoms with Crippen molar-refractivity contribution in [2.75, 3.05) is 0 Å². The predicted octanol–water partition coefficient (Wildman–Crippen LogP) is 1.98. The van der Waals surface area contributed by atoms with Gasteiger partial charge in [-0.2, -0.15) is 0 Å². The third-order valence-corrected chi connectivity index (χ3v) is 4.53. The molecular weight excluding hydrogens is 312 g/mol. The first-order chi connectivity index (χ1) is 9.88. The number of amides is 1. The van der Waals surface area contributed by atoms with Crippen LogP contribution in [-0.4, -0.2) is 20.0 Å². The van der Waals surface area contributed by atoms with Crippen molar-refractivity contribution in [3.63, 3.8) is 0 Å². The van der Waals surface area contributed by atoms with Crippen LogP contribution in [0.2, 0.25) is 5.02 Å². The predicted molar refractivity (Wildman–Crippen MR) is 79.2 cm³/mol. The first kappa shape index (κ1) is 13.9. The Kier molecular flexibility index (Phi) is 3.16. The number of sulfonamides is 1. The number of hydrogen-bond donors (Lipinski definition) is 1. The van der Waals surface area contributed by atoms with Crippen LogP contribution in [0.15, 0.2) is 52.4 Å². The highest BCUT2D eigenvalue weighted by Crippen LogP contribution is 2.27. The van der Waals surface area contributed by atoms with E-state index in [1.165, 1.54) is 12.1 Å². The van der Waals surface area contributed by atoms with Gasteiger partial charge in [0.05, 0.1) is 16.3 Å². The molecule has 21 heavy (non-hydrogen) atoms. The molecule has 3 rings (SSSR count). The van der Waals surface area contributed by atoms with Gasteiger partial charge in [-0.3, -0.25) is 4.79 Å². The van der Waals surface area contributed by atoms with Gasteiger partial charge < -0.3 is 0 Å². The van der Waals surface area contributed by atoms with Crippen LogP contribution in [0.4, 0.5) is 0 Å². The van der Waals surface area contributed by atoms with Crippen LogP contribution in [-0.2, 0) is 10.0 Å². The van der Waals surface area contributed by atoms with E-state index in [4.69, 9.17) is 16.7 Å². The quantitative estimate of drug-likeness (QED) is 0.917. The summed E-state index contributed by atoms with van der Waals surface area (Å²) < 4.78 is 23.0. The van der Waals surface area contributed by atoms with Crippen molar-refractivity contribution in [3.05, 3.63) is 64.2 Å². The van der Waals surface area contributed by atoms with E-state index in [0.29, 0.717) is 22.4 Å². The Morgan fingerprint density at radius 1 is 1.05 bits per heavy atom. The molecule has 0 aromatic heterocycles. The van der Waals surface area contributed by atoms with E-state index in [1.807, 2.05) is 0 Å². The van der Waals surface area contributed by atoms with Gasteiger partial charge in [-0.05, 0) is 18.2 Å². The number of fused-ring (bicyclic) bond motifs is 1. The number of halogens is 1. The van der Waals surface area contributed by atoms with Gasteiger partial charge in [0.2, 0.25) is 10.0 Å². The molecule has 0 fully saturated rings. The summed E-state index contributed by atoms with van der Waals surface area (Å²) in [5.74, 6) is -0.354.